The molecule has 6 nitrogen and oxygen atoms in total. The average Bonchev–Trinajstić information content (AvgIpc) is 3.48. The van der Waals surface area contributed by atoms with Crippen LogP contribution < -0.4 is 5.32 Å². The van der Waals surface area contributed by atoms with Crippen molar-refractivity contribution in [1.82, 2.24) is 19.7 Å². The fourth-order valence-electron chi connectivity index (χ4n) is 4.04. The molecular formula is C24H26N4O2S2. The van der Waals surface area contributed by atoms with Crippen LogP contribution in [0.4, 0.5) is 0 Å². The van der Waals surface area contributed by atoms with Crippen LogP contribution in [-0.2, 0) is 29.1 Å². The van der Waals surface area contributed by atoms with E-state index < -0.39 is 0 Å². The number of carbonyl (C=O) groups is 2. The molecule has 2 aromatic heterocycles. The number of nitrogens with one attached hydrogen (secondary N) is 1. The normalized spacial score (nSPS) is 15.4. The van der Waals surface area contributed by atoms with Crippen LogP contribution >= 0.6 is 23.6 Å². The molecule has 1 N–H and O–H groups in total. The second-order valence-corrected chi connectivity index (χ2v) is 9.05. The van der Waals surface area contributed by atoms with Crippen molar-refractivity contribution in [3.63, 3.8) is 0 Å². The summed E-state index contributed by atoms with van der Waals surface area (Å²) in [6.45, 7) is 5.29. The van der Waals surface area contributed by atoms with Crippen LogP contribution in [0.2, 0.25) is 0 Å². The number of carbonyl (C=O) groups excluding carboxylic acids is 2. The maximum absolute atomic E-state index is 12.9. The first kappa shape index (κ1) is 22.2. The van der Waals surface area contributed by atoms with Gasteiger partial charge >= 0.3 is 0 Å². The summed E-state index contributed by atoms with van der Waals surface area (Å²) >= 11 is 7.05. The van der Waals surface area contributed by atoms with Crippen LogP contribution in [-0.4, -0.2) is 44.9 Å². The van der Waals surface area contributed by atoms with E-state index in [9.17, 15) is 9.59 Å². The molecule has 32 heavy (non-hydrogen) atoms. The molecule has 0 spiro atoms. The summed E-state index contributed by atoms with van der Waals surface area (Å²) in [4.78, 5) is 30.0. The molecule has 0 radical (unpaired) electrons. The molecule has 0 atom stereocenters. The molecule has 3 aromatic rings. The van der Waals surface area contributed by atoms with E-state index in [2.05, 4.69) is 18.3 Å². The summed E-state index contributed by atoms with van der Waals surface area (Å²) in [5.74, 6) is -0.144. The number of fused-ring (bicyclic) bond motifs is 1. The van der Waals surface area contributed by atoms with E-state index in [0.717, 1.165) is 33.3 Å². The highest BCUT2D eigenvalue weighted by molar-refractivity contribution is 7.80. The largest absolute Gasteiger partial charge is 0.350 e. The Hall–Kier alpha value is -2.97. The smallest absolute Gasteiger partial charge is 0.276 e. The van der Waals surface area contributed by atoms with Crippen molar-refractivity contribution < 1.29 is 9.59 Å². The summed E-state index contributed by atoms with van der Waals surface area (Å²) < 4.78 is 1.99. The van der Waals surface area contributed by atoms with Gasteiger partial charge < -0.3 is 14.8 Å². The zero-order valence-electron chi connectivity index (χ0n) is 18.4. The number of nitrogens with zero attached hydrogens (tertiary/aromatic N) is 3. The Morgan fingerprint density at radius 2 is 2.03 bits per heavy atom. The molecule has 0 bridgehead atoms. The lowest BCUT2D eigenvalue weighted by Crippen LogP contribution is -2.30. The van der Waals surface area contributed by atoms with Gasteiger partial charge in [0.15, 0.2) is 5.11 Å². The lowest BCUT2D eigenvalue weighted by atomic mass is 10.1. The van der Waals surface area contributed by atoms with Gasteiger partial charge in [0, 0.05) is 35.6 Å². The summed E-state index contributed by atoms with van der Waals surface area (Å²) in [5, 5.41) is 6.53. The summed E-state index contributed by atoms with van der Waals surface area (Å²) in [5.41, 5.74) is 3.63. The van der Waals surface area contributed by atoms with Crippen molar-refractivity contribution in [1.29, 1.82) is 0 Å². The predicted octanol–water partition coefficient (Wildman–Crippen LogP) is 4.00. The first-order chi connectivity index (χ1) is 15.4. The number of para-hydroxylation sites is 1. The second kappa shape index (κ2) is 9.26. The van der Waals surface area contributed by atoms with Gasteiger partial charge in [-0.15, -0.1) is 11.3 Å². The van der Waals surface area contributed by atoms with Crippen LogP contribution in [0.25, 0.3) is 17.0 Å². The van der Waals surface area contributed by atoms with E-state index in [0.29, 0.717) is 23.9 Å². The SMILES string of the molecule is CCc1cccc2c(/C=C3/C(=O)N(CC)C(=S)N3C)cn(CC(=O)NCc3cccs3)c12. The summed E-state index contributed by atoms with van der Waals surface area (Å²) in [6.07, 6.45) is 4.69. The van der Waals surface area contributed by atoms with Gasteiger partial charge in [-0.2, -0.15) is 0 Å². The van der Waals surface area contributed by atoms with Crippen molar-refractivity contribution in [2.75, 3.05) is 13.6 Å². The van der Waals surface area contributed by atoms with E-state index in [-0.39, 0.29) is 18.4 Å². The number of hydrogen-bond donors (Lipinski definition) is 1. The predicted molar refractivity (Wildman–Crippen MR) is 133 cm³/mol. The van der Waals surface area contributed by atoms with Gasteiger partial charge in [0.25, 0.3) is 5.91 Å². The van der Waals surface area contributed by atoms with E-state index in [1.54, 1.807) is 21.1 Å². The van der Waals surface area contributed by atoms with Crippen molar-refractivity contribution in [2.45, 2.75) is 33.4 Å². The topological polar surface area (TPSA) is 57.6 Å². The molecule has 3 heterocycles. The molecule has 2 amide bonds. The zero-order valence-corrected chi connectivity index (χ0v) is 20.1. The van der Waals surface area contributed by atoms with Crippen molar-refractivity contribution in [2.24, 2.45) is 0 Å². The van der Waals surface area contributed by atoms with E-state index in [1.165, 1.54) is 0 Å². The third-order valence-corrected chi connectivity index (χ3v) is 7.07. The number of amides is 2. The lowest BCUT2D eigenvalue weighted by molar-refractivity contribution is -0.123. The molecule has 0 saturated carbocycles. The molecule has 0 aliphatic carbocycles. The van der Waals surface area contributed by atoms with Gasteiger partial charge in [-0.1, -0.05) is 31.2 Å². The van der Waals surface area contributed by atoms with Gasteiger partial charge in [0.1, 0.15) is 12.2 Å². The van der Waals surface area contributed by atoms with E-state index >= 15 is 0 Å². The maximum atomic E-state index is 12.9. The minimum absolute atomic E-state index is 0.0483. The van der Waals surface area contributed by atoms with Crippen LogP contribution in [0.1, 0.15) is 29.9 Å². The fraction of sp³-hybridized carbons (Fsp3) is 0.292. The van der Waals surface area contributed by atoms with E-state index in [4.69, 9.17) is 12.2 Å². The highest BCUT2D eigenvalue weighted by Crippen LogP contribution is 2.29. The fourth-order valence-corrected chi connectivity index (χ4v) is 4.99. The molecule has 1 aliphatic heterocycles. The van der Waals surface area contributed by atoms with Gasteiger partial charge in [-0.05, 0) is 48.6 Å². The third-order valence-electron chi connectivity index (χ3n) is 5.70. The van der Waals surface area contributed by atoms with Gasteiger partial charge in [-0.25, -0.2) is 0 Å². The monoisotopic (exact) mass is 466 g/mol. The summed E-state index contributed by atoms with van der Waals surface area (Å²) in [7, 11) is 1.82. The Morgan fingerprint density at radius 3 is 2.69 bits per heavy atom. The zero-order chi connectivity index (χ0) is 22.8. The molecule has 8 heteroatoms. The Bertz CT molecular complexity index is 1210. The Balaban J connectivity index is 1.69. The number of thiocarbonyl (C=S) groups is 1. The average molecular weight is 467 g/mol. The maximum Gasteiger partial charge on any atom is 0.276 e. The Morgan fingerprint density at radius 1 is 1.22 bits per heavy atom. The van der Waals surface area contributed by atoms with Crippen LogP contribution in [0.3, 0.4) is 0 Å². The first-order valence-corrected chi connectivity index (χ1v) is 11.9. The van der Waals surface area contributed by atoms with Crippen molar-refractivity contribution in [3.8, 4) is 0 Å². The molecular weight excluding hydrogens is 440 g/mol. The van der Waals surface area contributed by atoms with Crippen LogP contribution in [0.15, 0.2) is 47.6 Å². The molecule has 166 valence electrons. The standard InChI is InChI=1S/C24H26N4O2S2/c1-4-16-8-6-10-19-17(12-20-23(30)28(5-2)24(31)26(20)3)14-27(22(16)19)15-21(29)25-13-18-9-7-11-32-18/h6-12,14H,4-5,13,15H2,1-3H3,(H,25,29)/b20-12-. The number of rotatable bonds is 7. The molecule has 1 saturated heterocycles. The molecule has 1 fully saturated rings. The molecule has 1 aliphatic rings. The van der Waals surface area contributed by atoms with Gasteiger partial charge in [0.2, 0.25) is 5.91 Å². The number of likely N-dealkylation sites (N-methyl/N-ethyl adjacent to an activating group) is 2. The van der Waals surface area contributed by atoms with Crippen molar-refractivity contribution in [3.05, 3.63) is 63.6 Å². The molecule has 4 rings (SSSR count). The number of aromatic nitrogens is 1. The first-order valence-electron chi connectivity index (χ1n) is 10.7. The quantitative estimate of drug-likeness (QED) is 0.422. The van der Waals surface area contributed by atoms with E-state index in [1.807, 2.05) is 60.5 Å². The van der Waals surface area contributed by atoms with Gasteiger partial charge in [0.05, 0.1) is 12.1 Å². The van der Waals surface area contributed by atoms with Crippen molar-refractivity contribution >= 4 is 57.5 Å². The van der Waals surface area contributed by atoms with Gasteiger partial charge in [-0.3, -0.25) is 14.5 Å². The number of thiophene rings is 1. The van der Waals surface area contributed by atoms with Crippen LogP contribution in [0.5, 0.6) is 0 Å². The number of benzene rings is 1. The van der Waals surface area contributed by atoms with Crippen LogP contribution in [0, 0.1) is 0 Å². The molecule has 1 aromatic carbocycles. The lowest BCUT2D eigenvalue weighted by Gasteiger charge is -2.13. The summed E-state index contributed by atoms with van der Waals surface area (Å²) in [6, 6.07) is 10.1. The minimum atomic E-state index is -0.0961. The second-order valence-electron chi connectivity index (χ2n) is 7.66. The minimum Gasteiger partial charge on any atom is -0.350 e. The Kier molecular flexibility index (Phi) is 6.43. The highest BCUT2D eigenvalue weighted by Gasteiger charge is 2.34. The number of aryl methyl sites for hydroxylation is 1. The molecule has 0 unspecified atom stereocenters. The highest BCUT2D eigenvalue weighted by atomic mass is 32.1. The Labute approximate surface area is 197 Å². The number of hydrogen-bond acceptors (Lipinski definition) is 4. The third kappa shape index (κ3) is 4.08.